The van der Waals surface area contributed by atoms with Crippen molar-refractivity contribution >= 4 is 46.6 Å². The van der Waals surface area contributed by atoms with Crippen LogP contribution in [0.4, 0.5) is 5.69 Å². The van der Waals surface area contributed by atoms with Crippen LogP contribution in [-0.2, 0) is 20.9 Å². The Hall–Kier alpha value is -2.61. The molecule has 3 N–H and O–H groups in total. The number of hydrogen-bond donors (Lipinski definition) is 2. The summed E-state index contributed by atoms with van der Waals surface area (Å²) in [6.45, 7) is 1.32. The Morgan fingerprint density at radius 2 is 1.78 bits per heavy atom. The molecule has 3 amide bonds. The highest BCUT2D eigenvalue weighted by molar-refractivity contribution is 6.35. The van der Waals surface area contributed by atoms with Gasteiger partial charge in [-0.2, -0.15) is 0 Å². The van der Waals surface area contributed by atoms with Gasteiger partial charge >= 0.3 is 0 Å². The maximum Gasteiger partial charge on any atom is 0.241 e. The van der Waals surface area contributed by atoms with Crippen molar-refractivity contribution in [2.75, 3.05) is 25.0 Å². The first kappa shape index (κ1) is 24.0. The maximum absolute atomic E-state index is 13.1. The molecule has 1 heterocycles. The van der Waals surface area contributed by atoms with E-state index in [-0.39, 0.29) is 31.3 Å². The molecule has 0 aliphatic carbocycles. The van der Waals surface area contributed by atoms with E-state index in [0.717, 1.165) is 12.0 Å². The van der Waals surface area contributed by atoms with Crippen LogP contribution in [0.2, 0.25) is 10.0 Å². The van der Waals surface area contributed by atoms with E-state index in [9.17, 15) is 14.4 Å². The molecule has 2 aromatic rings. The van der Waals surface area contributed by atoms with E-state index in [2.05, 4.69) is 5.32 Å². The van der Waals surface area contributed by atoms with Crippen molar-refractivity contribution in [3.8, 4) is 0 Å². The minimum absolute atomic E-state index is 0.0814. The van der Waals surface area contributed by atoms with Crippen LogP contribution in [-0.4, -0.2) is 53.2 Å². The fourth-order valence-electron chi connectivity index (χ4n) is 3.78. The molecule has 1 aliphatic rings. The Kier molecular flexibility index (Phi) is 8.50. The van der Waals surface area contributed by atoms with Gasteiger partial charge in [0.2, 0.25) is 17.7 Å². The Balaban J connectivity index is 1.66. The molecule has 2 aromatic carbocycles. The number of halogens is 2. The molecule has 1 aliphatic heterocycles. The van der Waals surface area contributed by atoms with Crippen LogP contribution in [0.25, 0.3) is 0 Å². The van der Waals surface area contributed by atoms with Crippen LogP contribution < -0.4 is 11.1 Å². The van der Waals surface area contributed by atoms with Crippen molar-refractivity contribution in [3.05, 3.63) is 64.1 Å². The zero-order chi connectivity index (χ0) is 23.1. The number of primary amides is 1. The van der Waals surface area contributed by atoms with E-state index < -0.39 is 11.9 Å². The number of rotatable bonds is 9. The number of carbonyl (C=O) groups is 3. The number of amides is 3. The molecule has 1 fully saturated rings. The lowest BCUT2D eigenvalue weighted by molar-refractivity contribution is -0.134. The summed E-state index contributed by atoms with van der Waals surface area (Å²) in [6, 6.07) is 13.9. The van der Waals surface area contributed by atoms with Gasteiger partial charge in [0, 0.05) is 35.2 Å². The number of likely N-dealkylation sites (tertiary alicyclic amines) is 1. The summed E-state index contributed by atoms with van der Waals surface area (Å²) in [5.41, 5.74) is 6.76. The first-order valence-corrected chi connectivity index (χ1v) is 11.2. The summed E-state index contributed by atoms with van der Waals surface area (Å²) >= 11 is 12.0. The van der Waals surface area contributed by atoms with Gasteiger partial charge in [0.25, 0.3) is 0 Å². The number of nitrogens with two attached hydrogens (primary N) is 1. The predicted molar refractivity (Wildman–Crippen MR) is 125 cm³/mol. The minimum Gasteiger partial charge on any atom is -0.370 e. The fraction of sp³-hybridized carbons (Fsp3) is 0.348. The van der Waals surface area contributed by atoms with E-state index >= 15 is 0 Å². The topological polar surface area (TPSA) is 95.7 Å². The highest BCUT2D eigenvalue weighted by atomic mass is 35.5. The van der Waals surface area contributed by atoms with Crippen molar-refractivity contribution in [1.82, 2.24) is 9.80 Å². The van der Waals surface area contributed by atoms with E-state index in [0.29, 0.717) is 35.2 Å². The Bertz CT molecular complexity index is 951. The number of nitrogens with one attached hydrogen (secondary N) is 1. The lowest BCUT2D eigenvalue weighted by atomic mass is 10.2. The van der Waals surface area contributed by atoms with Crippen molar-refractivity contribution in [1.29, 1.82) is 0 Å². The third-order valence-corrected chi connectivity index (χ3v) is 5.77. The SMILES string of the molecule is NC(=O)CCN(Cc1ccccc1)C(=O)CN1CCCC1C(=O)Nc1cc(Cl)cc(Cl)c1. The number of anilines is 1. The summed E-state index contributed by atoms with van der Waals surface area (Å²) in [5, 5.41) is 3.70. The first-order chi connectivity index (χ1) is 15.3. The van der Waals surface area contributed by atoms with Gasteiger partial charge in [-0.05, 0) is 43.1 Å². The largest absolute Gasteiger partial charge is 0.370 e. The van der Waals surface area contributed by atoms with E-state index in [1.165, 1.54) is 0 Å². The van der Waals surface area contributed by atoms with Gasteiger partial charge in [-0.15, -0.1) is 0 Å². The van der Waals surface area contributed by atoms with Crippen LogP contribution in [0, 0.1) is 0 Å². The van der Waals surface area contributed by atoms with Crippen molar-refractivity contribution in [2.45, 2.75) is 31.8 Å². The molecule has 9 heteroatoms. The second kappa shape index (κ2) is 11.3. The molecule has 0 saturated carbocycles. The molecule has 1 saturated heterocycles. The normalized spacial score (nSPS) is 16.0. The van der Waals surface area contributed by atoms with Crippen LogP contribution in [0.15, 0.2) is 48.5 Å². The Morgan fingerprint density at radius 3 is 2.44 bits per heavy atom. The number of hydrogen-bond acceptors (Lipinski definition) is 4. The molecule has 0 spiro atoms. The van der Waals surface area contributed by atoms with Gasteiger partial charge in [-0.1, -0.05) is 53.5 Å². The van der Waals surface area contributed by atoms with Gasteiger partial charge in [0.05, 0.1) is 12.6 Å². The maximum atomic E-state index is 13.1. The number of nitrogens with zero attached hydrogens (tertiary/aromatic N) is 2. The van der Waals surface area contributed by atoms with Crippen LogP contribution in [0.3, 0.4) is 0 Å². The molecule has 1 unspecified atom stereocenters. The molecule has 1 atom stereocenters. The molecule has 170 valence electrons. The quantitative estimate of drug-likeness (QED) is 0.580. The average molecular weight is 477 g/mol. The average Bonchev–Trinajstić information content (AvgIpc) is 3.19. The second-order valence-electron chi connectivity index (χ2n) is 7.79. The zero-order valence-electron chi connectivity index (χ0n) is 17.6. The van der Waals surface area contributed by atoms with Gasteiger partial charge in [0.1, 0.15) is 0 Å². The van der Waals surface area contributed by atoms with E-state index in [1.807, 2.05) is 35.2 Å². The predicted octanol–water partition coefficient (Wildman–Crippen LogP) is 3.30. The minimum atomic E-state index is -0.463. The number of benzene rings is 2. The van der Waals surface area contributed by atoms with Crippen LogP contribution in [0.1, 0.15) is 24.8 Å². The summed E-state index contributed by atoms with van der Waals surface area (Å²) in [4.78, 5) is 40.7. The summed E-state index contributed by atoms with van der Waals surface area (Å²) < 4.78 is 0. The lowest BCUT2D eigenvalue weighted by Gasteiger charge is -2.28. The molecule has 7 nitrogen and oxygen atoms in total. The van der Waals surface area contributed by atoms with Gasteiger partial charge in [-0.3, -0.25) is 19.3 Å². The molecular weight excluding hydrogens is 451 g/mol. The van der Waals surface area contributed by atoms with E-state index in [4.69, 9.17) is 28.9 Å². The fourth-order valence-corrected chi connectivity index (χ4v) is 4.30. The molecule has 32 heavy (non-hydrogen) atoms. The van der Waals surface area contributed by atoms with Gasteiger partial charge < -0.3 is 16.0 Å². The smallest absolute Gasteiger partial charge is 0.241 e. The van der Waals surface area contributed by atoms with Crippen LogP contribution >= 0.6 is 23.2 Å². The number of carbonyl (C=O) groups excluding carboxylic acids is 3. The molecule has 3 rings (SSSR count). The molecule has 0 aromatic heterocycles. The Morgan fingerprint density at radius 1 is 1.09 bits per heavy atom. The van der Waals surface area contributed by atoms with E-state index in [1.54, 1.807) is 23.1 Å². The molecule has 0 radical (unpaired) electrons. The zero-order valence-corrected chi connectivity index (χ0v) is 19.1. The summed E-state index contributed by atoms with van der Waals surface area (Å²) in [6.07, 6.45) is 1.53. The summed E-state index contributed by atoms with van der Waals surface area (Å²) in [5.74, 6) is -0.824. The lowest BCUT2D eigenvalue weighted by Crippen LogP contribution is -2.46. The van der Waals surface area contributed by atoms with Gasteiger partial charge in [0.15, 0.2) is 0 Å². The highest BCUT2D eigenvalue weighted by Crippen LogP contribution is 2.24. The highest BCUT2D eigenvalue weighted by Gasteiger charge is 2.33. The third kappa shape index (κ3) is 6.95. The van der Waals surface area contributed by atoms with Crippen molar-refractivity contribution < 1.29 is 14.4 Å². The van der Waals surface area contributed by atoms with Gasteiger partial charge in [-0.25, -0.2) is 0 Å². The molecule has 0 bridgehead atoms. The third-order valence-electron chi connectivity index (χ3n) is 5.33. The van der Waals surface area contributed by atoms with Crippen molar-refractivity contribution in [3.63, 3.8) is 0 Å². The second-order valence-corrected chi connectivity index (χ2v) is 8.67. The van der Waals surface area contributed by atoms with Crippen LogP contribution in [0.5, 0.6) is 0 Å². The van der Waals surface area contributed by atoms with Crippen molar-refractivity contribution in [2.24, 2.45) is 5.73 Å². The summed E-state index contributed by atoms with van der Waals surface area (Å²) in [7, 11) is 0. The molecular formula is C23H26Cl2N4O3. The Labute approximate surface area is 197 Å². The monoisotopic (exact) mass is 476 g/mol. The first-order valence-electron chi connectivity index (χ1n) is 10.4. The standard InChI is InChI=1S/C23H26Cl2N4O3/c24-17-11-18(25)13-19(12-17)27-23(32)20-7-4-9-28(20)15-22(31)29(10-8-21(26)30)14-16-5-2-1-3-6-16/h1-3,5-6,11-13,20H,4,7-10,14-15H2,(H2,26,30)(H,27,32).